The fraction of sp³-hybridized carbons (Fsp3) is 0.625. The maximum Gasteiger partial charge on any atom is 0.510 e. The minimum absolute atomic E-state index is 0.195. The number of carbonyl (C=O) groups is 3. The van der Waals surface area contributed by atoms with Crippen molar-refractivity contribution in [2.24, 2.45) is 5.92 Å². The third-order valence-electron chi connectivity index (χ3n) is 3.44. The summed E-state index contributed by atoms with van der Waals surface area (Å²) in [6.07, 6.45) is 0.556. The summed E-state index contributed by atoms with van der Waals surface area (Å²) in [6, 6.07) is 0. The summed E-state index contributed by atoms with van der Waals surface area (Å²) in [5.74, 6) is -0.525. The lowest BCUT2D eigenvalue weighted by Crippen LogP contribution is -2.61. The molecule has 1 amide bonds. The zero-order valence-electron chi connectivity index (χ0n) is 15.3. The van der Waals surface area contributed by atoms with Crippen LogP contribution in [0.5, 0.6) is 0 Å². The van der Waals surface area contributed by atoms with E-state index >= 15 is 0 Å². The smallest absolute Gasteiger partial charge is 0.461 e. The highest BCUT2D eigenvalue weighted by atomic mass is 35.5. The number of hydrogen-bond donors (Lipinski definition) is 1. The highest BCUT2D eigenvalue weighted by Gasteiger charge is 2.46. The van der Waals surface area contributed by atoms with E-state index in [2.05, 4.69) is 11.9 Å². The first-order valence-corrected chi connectivity index (χ1v) is 11.9. The number of thiocarbonyl (C=S) groups is 1. The van der Waals surface area contributed by atoms with Crippen molar-refractivity contribution < 1.29 is 28.6 Å². The van der Waals surface area contributed by atoms with Crippen molar-refractivity contribution in [2.45, 2.75) is 41.6 Å². The van der Waals surface area contributed by atoms with Crippen molar-refractivity contribution in [2.75, 3.05) is 12.4 Å². The topological polar surface area (TPSA) is 90.9 Å². The van der Waals surface area contributed by atoms with Crippen molar-refractivity contribution in [3.05, 3.63) is 12.7 Å². The fourth-order valence-electron chi connectivity index (χ4n) is 2.06. The lowest BCUT2D eigenvalue weighted by Gasteiger charge is -2.38. The summed E-state index contributed by atoms with van der Waals surface area (Å²) >= 11 is 24.6. The maximum atomic E-state index is 11.9. The molecule has 1 heterocycles. The van der Waals surface area contributed by atoms with Crippen LogP contribution in [0.2, 0.25) is 0 Å². The largest absolute Gasteiger partial charge is 0.510 e. The standard InChI is InChI=1S/C16H20Cl3NO6S3/c1-3-6-24-9(21)5-4-7-28-16(27)29-14-10(13(22)20-14)8(2)25-15(23)26-12(19)11(17)18/h3,8,10-12,14H,1,4-7H2,2H3,(H,20,22)/t8?,10-,12?,14+/m0/s1. The van der Waals surface area contributed by atoms with Crippen LogP contribution in [0.15, 0.2) is 12.7 Å². The lowest BCUT2D eigenvalue weighted by molar-refractivity contribution is -0.142. The molecule has 164 valence electrons. The Morgan fingerprint density at radius 3 is 2.62 bits per heavy atom. The predicted octanol–water partition coefficient (Wildman–Crippen LogP) is 4.23. The minimum Gasteiger partial charge on any atom is -0.461 e. The summed E-state index contributed by atoms with van der Waals surface area (Å²) in [6.45, 7) is 5.23. The Labute approximate surface area is 197 Å². The number of hydrogen-bond acceptors (Lipinski definition) is 9. The number of esters is 1. The molecule has 2 unspecified atom stereocenters. The highest BCUT2D eigenvalue weighted by molar-refractivity contribution is 8.47. The number of rotatable bonds is 11. The zero-order valence-corrected chi connectivity index (χ0v) is 20.0. The summed E-state index contributed by atoms with van der Waals surface area (Å²) in [4.78, 5) is 33.8. The van der Waals surface area contributed by atoms with E-state index in [1.54, 1.807) is 6.92 Å². The van der Waals surface area contributed by atoms with Crippen LogP contribution in [-0.2, 0) is 23.8 Å². The van der Waals surface area contributed by atoms with Crippen molar-refractivity contribution in [3.63, 3.8) is 0 Å². The van der Waals surface area contributed by atoms with Crippen LogP contribution < -0.4 is 5.32 Å². The molecule has 29 heavy (non-hydrogen) atoms. The van der Waals surface area contributed by atoms with Crippen LogP contribution in [0, 0.1) is 5.92 Å². The van der Waals surface area contributed by atoms with Gasteiger partial charge in [-0.15, -0.1) is 11.8 Å². The summed E-state index contributed by atoms with van der Waals surface area (Å²) in [5.41, 5.74) is -1.27. The molecule has 0 bridgehead atoms. The van der Waals surface area contributed by atoms with E-state index in [1.165, 1.54) is 29.6 Å². The number of carbonyl (C=O) groups excluding carboxylic acids is 3. The highest BCUT2D eigenvalue weighted by Crippen LogP contribution is 2.34. The SMILES string of the molecule is C=CCOC(=O)CCCSC(=S)S[C@H]1NC(=O)[C@@H]1C(C)OC(=O)OC(Cl)C(Cl)Cl. The van der Waals surface area contributed by atoms with E-state index in [0.29, 0.717) is 15.7 Å². The molecule has 4 atom stereocenters. The Kier molecular flexibility index (Phi) is 12.7. The van der Waals surface area contributed by atoms with Gasteiger partial charge in [-0.2, -0.15) is 0 Å². The number of β-lactam (4-membered cyclic amide) rings is 1. The minimum atomic E-state index is -1.27. The van der Waals surface area contributed by atoms with Crippen LogP contribution in [0.25, 0.3) is 0 Å². The molecule has 0 radical (unpaired) electrons. The van der Waals surface area contributed by atoms with Crippen LogP contribution in [0.1, 0.15) is 19.8 Å². The van der Waals surface area contributed by atoms with Gasteiger partial charge in [-0.1, -0.05) is 71.4 Å². The predicted molar refractivity (Wildman–Crippen MR) is 121 cm³/mol. The average molecular weight is 525 g/mol. The lowest BCUT2D eigenvalue weighted by atomic mass is 9.96. The molecule has 1 rings (SSSR count). The Bertz CT molecular complexity index is 625. The van der Waals surface area contributed by atoms with E-state index in [1.807, 2.05) is 0 Å². The molecule has 1 fully saturated rings. The van der Waals surface area contributed by atoms with E-state index in [9.17, 15) is 14.4 Å². The Morgan fingerprint density at radius 2 is 2.03 bits per heavy atom. The van der Waals surface area contributed by atoms with Gasteiger partial charge in [0.15, 0.2) is 4.84 Å². The van der Waals surface area contributed by atoms with Gasteiger partial charge in [0.2, 0.25) is 11.5 Å². The molecular formula is C16H20Cl3NO6S3. The molecule has 7 nitrogen and oxygen atoms in total. The molecule has 0 aromatic rings. The van der Waals surface area contributed by atoms with Gasteiger partial charge in [0.05, 0.1) is 5.37 Å². The molecule has 0 spiro atoms. The van der Waals surface area contributed by atoms with Gasteiger partial charge >= 0.3 is 12.1 Å². The zero-order chi connectivity index (χ0) is 22.0. The Balaban J connectivity index is 2.34. The molecule has 1 saturated heterocycles. The quantitative estimate of drug-likeness (QED) is 0.106. The van der Waals surface area contributed by atoms with Crippen molar-refractivity contribution in [1.82, 2.24) is 5.32 Å². The maximum absolute atomic E-state index is 11.9. The second-order valence-corrected chi connectivity index (χ2v) is 10.7. The number of halogens is 3. The van der Waals surface area contributed by atoms with Crippen molar-refractivity contribution in [1.29, 1.82) is 0 Å². The third-order valence-corrected chi connectivity index (χ3v) is 7.37. The summed E-state index contributed by atoms with van der Waals surface area (Å²) in [7, 11) is 0. The number of amides is 1. The van der Waals surface area contributed by atoms with E-state index < -0.39 is 28.6 Å². The third kappa shape index (κ3) is 9.97. The molecule has 13 heteroatoms. The molecule has 0 aliphatic carbocycles. The normalized spacial score (nSPS) is 20.1. The van der Waals surface area contributed by atoms with Gasteiger partial charge in [0.25, 0.3) is 0 Å². The first kappa shape index (κ1) is 26.6. The van der Waals surface area contributed by atoms with Crippen molar-refractivity contribution >= 4 is 92.1 Å². The number of alkyl halides is 3. The molecule has 1 aliphatic rings. The van der Waals surface area contributed by atoms with Gasteiger partial charge in [0, 0.05) is 6.42 Å². The molecule has 0 aromatic heterocycles. The first-order chi connectivity index (χ1) is 13.6. The van der Waals surface area contributed by atoms with E-state index in [-0.39, 0.29) is 30.3 Å². The summed E-state index contributed by atoms with van der Waals surface area (Å²) in [5, 5.41) is 2.36. The van der Waals surface area contributed by atoms with Gasteiger partial charge in [-0.25, -0.2) is 4.79 Å². The average Bonchev–Trinajstić information content (AvgIpc) is 2.62. The monoisotopic (exact) mass is 523 g/mol. The molecular weight excluding hydrogens is 505 g/mol. The Morgan fingerprint density at radius 1 is 1.34 bits per heavy atom. The molecule has 0 saturated carbocycles. The fourth-order valence-corrected chi connectivity index (χ4v) is 4.96. The molecule has 1 aliphatic heterocycles. The Hall–Kier alpha value is -0.390. The number of ether oxygens (including phenoxy) is 3. The van der Waals surface area contributed by atoms with Gasteiger partial charge in [-0.05, 0) is 19.1 Å². The van der Waals surface area contributed by atoms with Crippen LogP contribution in [0.3, 0.4) is 0 Å². The first-order valence-electron chi connectivity index (χ1n) is 8.35. The molecule has 0 aromatic carbocycles. The van der Waals surface area contributed by atoms with Gasteiger partial charge < -0.3 is 19.5 Å². The number of thioether (sulfide) groups is 2. The second-order valence-electron chi connectivity index (χ2n) is 5.62. The van der Waals surface area contributed by atoms with Gasteiger partial charge in [0.1, 0.15) is 22.2 Å². The van der Waals surface area contributed by atoms with E-state index in [0.717, 1.165) is 0 Å². The van der Waals surface area contributed by atoms with Crippen molar-refractivity contribution in [3.8, 4) is 0 Å². The van der Waals surface area contributed by atoms with E-state index in [4.69, 9.17) is 61.2 Å². The summed E-state index contributed by atoms with van der Waals surface area (Å²) < 4.78 is 15.2. The molecule has 1 N–H and O–H groups in total. The second kappa shape index (κ2) is 13.8. The van der Waals surface area contributed by atoms with Crippen LogP contribution >= 0.6 is 70.5 Å². The number of nitrogens with one attached hydrogen (secondary N) is 1. The van der Waals surface area contributed by atoms with Crippen LogP contribution in [0.4, 0.5) is 4.79 Å². The van der Waals surface area contributed by atoms with Crippen LogP contribution in [-0.4, -0.2) is 55.8 Å². The van der Waals surface area contributed by atoms with Gasteiger partial charge in [-0.3, -0.25) is 9.59 Å².